The summed E-state index contributed by atoms with van der Waals surface area (Å²) in [7, 11) is 1.52. The average Bonchev–Trinajstić information content (AvgIpc) is 2.69. The van der Waals surface area contributed by atoms with E-state index in [1.54, 1.807) is 12.1 Å². The summed E-state index contributed by atoms with van der Waals surface area (Å²) >= 11 is 0. The van der Waals surface area contributed by atoms with Crippen LogP contribution in [0.3, 0.4) is 0 Å². The predicted octanol–water partition coefficient (Wildman–Crippen LogP) is 2.75. The maximum Gasteiger partial charge on any atom is 0.338 e. The highest BCUT2D eigenvalue weighted by Crippen LogP contribution is 2.28. The molecule has 2 rings (SSSR count). The molecule has 1 amide bonds. The van der Waals surface area contributed by atoms with Crippen molar-refractivity contribution >= 4 is 11.9 Å². The lowest BCUT2D eigenvalue weighted by molar-refractivity contribution is -0.124. The van der Waals surface area contributed by atoms with Gasteiger partial charge in [-0.15, -0.1) is 0 Å². The zero-order valence-corrected chi connectivity index (χ0v) is 16.3. The largest absolute Gasteiger partial charge is 0.493 e. The van der Waals surface area contributed by atoms with Crippen LogP contribution >= 0.6 is 0 Å². The lowest BCUT2D eigenvalue weighted by Crippen LogP contribution is -2.32. The highest BCUT2D eigenvalue weighted by molar-refractivity contribution is 5.92. The van der Waals surface area contributed by atoms with Gasteiger partial charge in [0.15, 0.2) is 18.1 Å². The van der Waals surface area contributed by atoms with Crippen LogP contribution in [0.5, 0.6) is 17.2 Å². The Morgan fingerprint density at radius 1 is 1.04 bits per heavy atom. The number of amides is 1. The Hall–Kier alpha value is -3.22. The Kier molecular flexibility index (Phi) is 8.14. The lowest BCUT2D eigenvalue weighted by atomic mass is 10.2. The molecule has 7 heteroatoms. The van der Waals surface area contributed by atoms with Gasteiger partial charge in [-0.05, 0) is 49.7 Å². The molecule has 28 heavy (non-hydrogen) atoms. The van der Waals surface area contributed by atoms with Gasteiger partial charge < -0.3 is 24.3 Å². The second kappa shape index (κ2) is 10.8. The van der Waals surface area contributed by atoms with Crippen LogP contribution in [0, 0.1) is 6.92 Å². The number of hydrogen-bond donors (Lipinski definition) is 1. The summed E-state index contributed by atoms with van der Waals surface area (Å²) in [6.07, 6.45) is 0. The third-order valence-electron chi connectivity index (χ3n) is 3.72. The van der Waals surface area contributed by atoms with E-state index in [1.165, 1.54) is 13.2 Å². The van der Waals surface area contributed by atoms with Crippen LogP contribution in [-0.4, -0.2) is 45.4 Å². The van der Waals surface area contributed by atoms with E-state index in [-0.39, 0.29) is 12.2 Å². The van der Waals surface area contributed by atoms with Gasteiger partial charge in [0.2, 0.25) is 0 Å². The van der Waals surface area contributed by atoms with Gasteiger partial charge in [0.05, 0.1) is 25.8 Å². The first-order chi connectivity index (χ1) is 13.5. The molecule has 0 spiro atoms. The van der Waals surface area contributed by atoms with Gasteiger partial charge in [-0.2, -0.15) is 0 Å². The van der Waals surface area contributed by atoms with Gasteiger partial charge in [-0.25, -0.2) is 4.79 Å². The number of benzene rings is 2. The third-order valence-corrected chi connectivity index (χ3v) is 3.72. The fourth-order valence-electron chi connectivity index (χ4n) is 2.40. The number of nitrogens with one attached hydrogen (secondary N) is 1. The van der Waals surface area contributed by atoms with Crippen molar-refractivity contribution in [1.82, 2.24) is 5.32 Å². The number of hydrogen-bond acceptors (Lipinski definition) is 6. The fourth-order valence-corrected chi connectivity index (χ4v) is 2.40. The van der Waals surface area contributed by atoms with E-state index in [1.807, 2.05) is 38.1 Å². The molecule has 7 nitrogen and oxygen atoms in total. The van der Waals surface area contributed by atoms with Crippen LogP contribution in [-0.2, 0) is 9.53 Å². The normalized spacial score (nSPS) is 10.1. The summed E-state index contributed by atoms with van der Waals surface area (Å²) in [6, 6.07) is 12.3. The third kappa shape index (κ3) is 6.50. The zero-order chi connectivity index (χ0) is 20.4. The molecule has 0 fully saturated rings. The molecule has 150 valence electrons. The minimum absolute atomic E-state index is 0.278. The smallest absolute Gasteiger partial charge is 0.338 e. The molecule has 2 aromatic carbocycles. The number of carbonyl (C=O) groups excluding carboxylic acids is 2. The number of ether oxygens (including phenoxy) is 4. The summed E-state index contributed by atoms with van der Waals surface area (Å²) in [5, 5.41) is 2.64. The van der Waals surface area contributed by atoms with Crippen molar-refractivity contribution in [3.8, 4) is 17.2 Å². The monoisotopic (exact) mass is 387 g/mol. The first kappa shape index (κ1) is 21.1. The molecule has 0 heterocycles. The summed E-state index contributed by atoms with van der Waals surface area (Å²) in [4.78, 5) is 24.0. The Labute approximate surface area is 164 Å². The van der Waals surface area contributed by atoms with Crippen LogP contribution in [0.15, 0.2) is 42.5 Å². The first-order valence-electron chi connectivity index (χ1n) is 8.97. The maximum atomic E-state index is 12.1. The maximum absolute atomic E-state index is 12.1. The molecule has 0 atom stereocenters. The predicted molar refractivity (Wildman–Crippen MR) is 104 cm³/mol. The minimum atomic E-state index is -0.616. The second-order valence-corrected chi connectivity index (χ2v) is 5.89. The van der Waals surface area contributed by atoms with E-state index in [0.717, 1.165) is 11.3 Å². The van der Waals surface area contributed by atoms with Gasteiger partial charge in [0.1, 0.15) is 12.4 Å². The van der Waals surface area contributed by atoms with Crippen LogP contribution in [0.1, 0.15) is 22.8 Å². The van der Waals surface area contributed by atoms with E-state index in [9.17, 15) is 9.59 Å². The molecule has 1 N–H and O–H groups in total. The minimum Gasteiger partial charge on any atom is -0.493 e. The summed E-state index contributed by atoms with van der Waals surface area (Å²) in [5.74, 6) is 0.682. The van der Waals surface area contributed by atoms with Gasteiger partial charge in [0.25, 0.3) is 5.91 Å². The Bertz CT molecular complexity index is 805. The number of methoxy groups -OCH3 is 1. The van der Waals surface area contributed by atoms with Crippen molar-refractivity contribution in [1.29, 1.82) is 0 Å². The lowest BCUT2D eigenvalue weighted by Gasteiger charge is -2.11. The number of carbonyl (C=O) groups is 2. The van der Waals surface area contributed by atoms with Crippen molar-refractivity contribution < 1.29 is 28.5 Å². The first-order valence-corrected chi connectivity index (χ1v) is 8.97. The van der Waals surface area contributed by atoms with Gasteiger partial charge in [0, 0.05) is 0 Å². The topological polar surface area (TPSA) is 83.1 Å². The van der Waals surface area contributed by atoms with Crippen LogP contribution < -0.4 is 19.5 Å². The standard InChI is InChI=1S/C21H25NO6/c1-4-26-19-13-16(8-9-18(19)25-3)21(24)28-14-20(23)22-10-11-27-17-7-5-6-15(2)12-17/h5-9,12-13H,4,10-11,14H2,1-3H3,(H,22,23). The molecule has 0 aliphatic heterocycles. The average molecular weight is 387 g/mol. The SMILES string of the molecule is CCOc1cc(C(=O)OCC(=O)NCCOc2cccc(C)c2)ccc1OC. The number of rotatable bonds is 10. The second-order valence-electron chi connectivity index (χ2n) is 5.89. The van der Waals surface area contributed by atoms with Crippen molar-refractivity contribution in [2.45, 2.75) is 13.8 Å². The van der Waals surface area contributed by atoms with Crippen molar-refractivity contribution in [3.05, 3.63) is 53.6 Å². The molecule has 0 aliphatic rings. The van der Waals surface area contributed by atoms with Crippen molar-refractivity contribution in [3.63, 3.8) is 0 Å². The molecule has 0 aliphatic carbocycles. The Morgan fingerprint density at radius 3 is 2.57 bits per heavy atom. The van der Waals surface area contributed by atoms with Crippen molar-refractivity contribution in [2.24, 2.45) is 0 Å². The Balaban J connectivity index is 1.74. The van der Waals surface area contributed by atoms with Crippen LogP contribution in [0.2, 0.25) is 0 Å². The summed E-state index contributed by atoms with van der Waals surface area (Å²) < 4.78 is 21.2. The fraction of sp³-hybridized carbons (Fsp3) is 0.333. The molecule has 2 aromatic rings. The Morgan fingerprint density at radius 2 is 1.86 bits per heavy atom. The highest BCUT2D eigenvalue weighted by atomic mass is 16.5. The molecule has 0 radical (unpaired) electrons. The van der Waals surface area contributed by atoms with E-state index in [4.69, 9.17) is 18.9 Å². The molecule has 0 unspecified atom stereocenters. The van der Waals surface area contributed by atoms with E-state index in [2.05, 4.69) is 5.32 Å². The van der Waals surface area contributed by atoms with Gasteiger partial charge in [-0.3, -0.25) is 4.79 Å². The van der Waals surface area contributed by atoms with Crippen LogP contribution in [0.4, 0.5) is 0 Å². The molecular formula is C21H25NO6. The van der Waals surface area contributed by atoms with E-state index in [0.29, 0.717) is 31.3 Å². The zero-order valence-electron chi connectivity index (χ0n) is 16.3. The molecule has 0 saturated carbocycles. The quantitative estimate of drug-likeness (QED) is 0.499. The molecular weight excluding hydrogens is 362 g/mol. The van der Waals surface area contributed by atoms with Crippen molar-refractivity contribution in [2.75, 3.05) is 33.5 Å². The van der Waals surface area contributed by atoms with E-state index < -0.39 is 11.9 Å². The van der Waals surface area contributed by atoms with Crippen LogP contribution in [0.25, 0.3) is 0 Å². The summed E-state index contributed by atoms with van der Waals surface area (Å²) in [5.41, 5.74) is 1.37. The highest BCUT2D eigenvalue weighted by Gasteiger charge is 2.14. The van der Waals surface area contributed by atoms with E-state index >= 15 is 0 Å². The molecule has 0 saturated heterocycles. The van der Waals surface area contributed by atoms with Gasteiger partial charge >= 0.3 is 5.97 Å². The summed E-state index contributed by atoms with van der Waals surface area (Å²) in [6.45, 7) is 4.49. The number of aryl methyl sites for hydroxylation is 1. The molecule has 0 aromatic heterocycles. The number of esters is 1. The molecule has 0 bridgehead atoms. The van der Waals surface area contributed by atoms with Gasteiger partial charge in [-0.1, -0.05) is 12.1 Å².